The largest absolute Gasteiger partial charge is 0.383 e. The second-order valence-corrected chi connectivity index (χ2v) is 8.13. The highest BCUT2D eigenvalue weighted by molar-refractivity contribution is 5.85. The summed E-state index contributed by atoms with van der Waals surface area (Å²) in [6, 6.07) is 0. The lowest BCUT2D eigenvalue weighted by Crippen LogP contribution is -2.47. The van der Waals surface area contributed by atoms with E-state index in [4.69, 9.17) is 9.47 Å². The summed E-state index contributed by atoms with van der Waals surface area (Å²) >= 11 is 0. The fourth-order valence-electron chi connectivity index (χ4n) is 4.37. The summed E-state index contributed by atoms with van der Waals surface area (Å²) in [4.78, 5) is 31.0. The van der Waals surface area contributed by atoms with E-state index in [1.54, 1.807) is 12.0 Å². The van der Waals surface area contributed by atoms with Crippen molar-refractivity contribution in [1.29, 1.82) is 0 Å². The van der Waals surface area contributed by atoms with Crippen LogP contribution in [0.5, 0.6) is 0 Å². The van der Waals surface area contributed by atoms with Gasteiger partial charge in [-0.1, -0.05) is 0 Å². The molecule has 0 aliphatic carbocycles. The average molecular weight is 382 g/mol. The molecular weight excluding hydrogens is 346 g/mol. The number of rotatable bonds is 9. The molecule has 3 aliphatic rings. The third-order valence-corrected chi connectivity index (χ3v) is 6.10. The first kappa shape index (κ1) is 20.6. The topological polar surface area (TPSA) is 62.3 Å². The molecule has 27 heavy (non-hydrogen) atoms. The molecule has 3 rings (SSSR count). The third kappa shape index (κ3) is 6.16. The van der Waals surface area contributed by atoms with Crippen molar-refractivity contribution in [1.82, 2.24) is 14.7 Å². The Morgan fingerprint density at radius 1 is 1.19 bits per heavy atom. The van der Waals surface area contributed by atoms with Crippen LogP contribution in [0, 0.1) is 5.92 Å². The Kier molecular flexibility index (Phi) is 7.91. The number of hydrogen-bond acceptors (Lipinski definition) is 5. The van der Waals surface area contributed by atoms with Crippen molar-refractivity contribution < 1.29 is 19.1 Å². The lowest BCUT2D eigenvalue weighted by Gasteiger charge is -2.36. The quantitative estimate of drug-likeness (QED) is 0.596. The van der Waals surface area contributed by atoms with Crippen LogP contribution < -0.4 is 0 Å². The Hall–Kier alpha value is -1.18. The highest BCUT2D eigenvalue weighted by atomic mass is 16.5. The highest BCUT2D eigenvalue weighted by Crippen LogP contribution is 2.21. The van der Waals surface area contributed by atoms with Crippen molar-refractivity contribution in [3.05, 3.63) is 0 Å². The maximum Gasteiger partial charge on any atom is 0.242 e. The molecule has 3 fully saturated rings. The first-order valence-corrected chi connectivity index (χ1v) is 10.5. The summed E-state index contributed by atoms with van der Waals surface area (Å²) in [5, 5.41) is 0. The molecule has 7 heteroatoms. The maximum atomic E-state index is 13.0. The van der Waals surface area contributed by atoms with E-state index in [9.17, 15) is 9.59 Å². The van der Waals surface area contributed by atoms with Gasteiger partial charge in [-0.25, -0.2) is 0 Å². The van der Waals surface area contributed by atoms with Crippen molar-refractivity contribution in [2.75, 3.05) is 66.1 Å². The molecule has 0 aromatic carbocycles. The lowest BCUT2D eigenvalue weighted by atomic mass is 9.96. The molecule has 154 valence electrons. The smallest absolute Gasteiger partial charge is 0.242 e. The Morgan fingerprint density at radius 2 is 2.00 bits per heavy atom. The van der Waals surface area contributed by atoms with Gasteiger partial charge in [-0.15, -0.1) is 0 Å². The fourth-order valence-corrected chi connectivity index (χ4v) is 4.37. The predicted molar refractivity (Wildman–Crippen MR) is 102 cm³/mol. The summed E-state index contributed by atoms with van der Waals surface area (Å²) in [5.74, 6) is 0.734. The number of methoxy groups -OCH3 is 1. The zero-order valence-electron chi connectivity index (χ0n) is 16.7. The van der Waals surface area contributed by atoms with Gasteiger partial charge in [-0.3, -0.25) is 9.59 Å². The zero-order valence-corrected chi connectivity index (χ0v) is 16.7. The van der Waals surface area contributed by atoms with Crippen LogP contribution in [0.3, 0.4) is 0 Å². The molecule has 7 nitrogen and oxygen atoms in total. The summed E-state index contributed by atoms with van der Waals surface area (Å²) < 4.78 is 11.0. The molecule has 1 atom stereocenters. The van der Waals surface area contributed by atoms with Crippen molar-refractivity contribution in [2.45, 2.75) is 44.6 Å². The molecule has 0 aromatic rings. The van der Waals surface area contributed by atoms with Gasteiger partial charge in [-0.2, -0.15) is 0 Å². The Morgan fingerprint density at radius 3 is 2.63 bits per heavy atom. The molecule has 2 amide bonds. The van der Waals surface area contributed by atoms with E-state index in [-0.39, 0.29) is 24.5 Å². The molecule has 0 saturated carbocycles. The third-order valence-electron chi connectivity index (χ3n) is 6.10. The van der Waals surface area contributed by atoms with E-state index in [2.05, 4.69) is 4.90 Å². The van der Waals surface area contributed by atoms with E-state index in [0.29, 0.717) is 18.9 Å². The van der Waals surface area contributed by atoms with Gasteiger partial charge >= 0.3 is 0 Å². The van der Waals surface area contributed by atoms with Gasteiger partial charge in [0, 0.05) is 46.3 Å². The van der Waals surface area contributed by atoms with Crippen molar-refractivity contribution >= 4 is 11.8 Å². The summed E-state index contributed by atoms with van der Waals surface area (Å²) in [7, 11) is 1.74. The molecular formula is C20H35N3O4. The summed E-state index contributed by atoms with van der Waals surface area (Å²) in [5.41, 5.74) is 0. The normalized spacial score (nSPS) is 24.7. The van der Waals surface area contributed by atoms with Gasteiger partial charge in [0.25, 0.3) is 0 Å². The van der Waals surface area contributed by atoms with Crippen LogP contribution >= 0.6 is 0 Å². The second kappa shape index (κ2) is 10.4. The molecule has 0 N–H and O–H groups in total. The van der Waals surface area contributed by atoms with E-state index in [1.165, 1.54) is 0 Å². The van der Waals surface area contributed by atoms with E-state index in [0.717, 1.165) is 78.0 Å². The van der Waals surface area contributed by atoms with Gasteiger partial charge in [0.15, 0.2) is 0 Å². The molecule has 3 saturated heterocycles. The van der Waals surface area contributed by atoms with E-state index in [1.807, 2.05) is 4.90 Å². The second-order valence-electron chi connectivity index (χ2n) is 8.13. The number of amides is 2. The monoisotopic (exact) mass is 381 g/mol. The van der Waals surface area contributed by atoms with Gasteiger partial charge in [0.2, 0.25) is 11.8 Å². The van der Waals surface area contributed by atoms with Crippen molar-refractivity contribution in [3.8, 4) is 0 Å². The molecule has 3 aliphatic heterocycles. The molecule has 0 radical (unpaired) electrons. The lowest BCUT2D eigenvalue weighted by molar-refractivity contribution is -0.140. The van der Waals surface area contributed by atoms with Crippen LogP contribution in [0.2, 0.25) is 0 Å². The zero-order chi connectivity index (χ0) is 19.1. The minimum absolute atomic E-state index is 0.0857. The number of carbonyl (C=O) groups excluding carboxylic acids is 2. The molecule has 0 aromatic heterocycles. The number of ether oxygens (including phenoxy) is 2. The Balaban J connectivity index is 1.51. The fraction of sp³-hybridized carbons (Fsp3) is 0.900. The van der Waals surface area contributed by atoms with Gasteiger partial charge in [-0.05, 0) is 51.1 Å². The molecule has 0 spiro atoms. The number of piperidine rings is 1. The van der Waals surface area contributed by atoms with Gasteiger partial charge in [0.05, 0.1) is 19.3 Å². The number of nitrogens with zero attached hydrogens (tertiary/aromatic N) is 3. The van der Waals surface area contributed by atoms with Crippen LogP contribution in [0.1, 0.15) is 38.5 Å². The van der Waals surface area contributed by atoms with Crippen LogP contribution in [0.4, 0.5) is 0 Å². The summed E-state index contributed by atoms with van der Waals surface area (Å²) in [6.45, 7) is 7.12. The van der Waals surface area contributed by atoms with Gasteiger partial charge < -0.3 is 24.2 Å². The number of likely N-dealkylation sites (tertiary alicyclic amines) is 2. The van der Waals surface area contributed by atoms with Crippen LogP contribution in [-0.4, -0.2) is 98.8 Å². The number of carbonyl (C=O) groups is 2. The van der Waals surface area contributed by atoms with Crippen LogP contribution in [-0.2, 0) is 19.1 Å². The van der Waals surface area contributed by atoms with Crippen molar-refractivity contribution in [2.24, 2.45) is 5.92 Å². The summed E-state index contributed by atoms with van der Waals surface area (Å²) in [6.07, 6.45) is 5.95. The SMILES string of the molecule is COCCN1CCC(CN(CC2CCCO2)C(=O)CN2CCCC2=O)CC1. The standard InChI is InChI=1S/C20H35N3O4/c1-26-13-11-21-9-6-17(7-10-21)14-23(15-18-4-3-12-27-18)20(25)16-22-8-2-5-19(22)24/h17-18H,2-16H2,1H3. The minimum atomic E-state index is 0.0857. The predicted octanol–water partition coefficient (Wildman–Crippen LogP) is 0.975. The Labute approximate surface area is 162 Å². The number of hydrogen-bond donors (Lipinski definition) is 0. The molecule has 0 bridgehead atoms. The van der Waals surface area contributed by atoms with Crippen molar-refractivity contribution in [3.63, 3.8) is 0 Å². The van der Waals surface area contributed by atoms with Crippen LogP contribution in [0.15, 0.2) is 0 Å². The minimum Gasteiger partial charge on any atom is -0.383 e. The highest BCUT2D eigenvalue weighted by Gasteiger charge is 2.30. The Bertz CT molecular complexity index is 488. The van der Waals surface area contributed by atoms with E-state index < -0.39 is 0 Å². The van der Waals surface area contributed by atoms with Crippen LogP contribution in [0.25, 0.3) is 0 Å². The first-order valence-electron chi connectivity index (χ1n) is 10.5. The van der Waals surface area contributed by atoms with E-state index >= 15 is 0 Å². The first-order chi connectivity index (χ1) is 13.2. The van der Waals surface area contributed by atoms with Gasteiger partial charge in [0.1, 0.15) is 0 Å². The molecule has 3 heterocycles. The molecule has 1 unspecified atom stereocenters. The maximum absolute atomic E-state index is 13.0. The average Bonchev–Trinajstić information content (AvgIpc) is 3.33.